The highest BCUT2D eigenvalue weighted by atomic mass is 35.5. The first-order valence-electron chi connectivity index (χ1n) is 6.31. The average Bonchev–Trinajstić information content (AvgIpc) is 3.10. The molecule has 1 unspecified atom stereocenters. The summed E-state index contributed by atoms with van der Waals surface area (Å²) in [7, 11) is 0. The number of halogens is 1. The minimum absolute atomic E-state index is 0.219. The van der Waals surface area contributed by atoms with Gasteiger partial charge < -0.3 is 9.88 Å². The van der Waals surface area contributed by atoms with Crippen molar-refractivity contribution in [2.24, 2.45) is 0 Å². The third kappa shape index (κ3) is 2.86. The zero-order valence-electron chi connectivity index (χ0n) is 11.0. The highest BCUT2D eigenvalue weighted by Crippen LogP contribution is 2.27. The molecule has 3 nitrogen and oxygen atoms in total. The van der Waals surface area contributed by atoms with Crippen LogP contribution in [0.4, 0.5) is 5.69 Å². The van der Waals surface area contributed by atoms with E-state index in [9.17, 15) is 0 Å². The smallest absolute Gasteiger partial charge is 0.0991 e. The molecule has 1 N–H and O–H groups in total. The number of imidazole rings is 1. The van der Waals surface area contributed by atoms with Crippen molar-refractivity contribution in [2.75, 3.05) is 5.32 Å². The number of nitrogens with zero attached hydrogens (tertiary/aromatic N) is 2. The van der Waals surface area contributed by atoms with Crippen molar-refractivity contribution in [1.82, 2.24) is 9.55 Å². The molecule has 2 heterocycles. The Balaban J connectivity index is 1.79. The van der Waals surface area contributed by atoms with Gasteiger partial charge in [-0.15, -0.1) is 11.3 Å². The van der Waals surface area contributed by atoms with Crippen molar-refractivity contribution in [2.45, 2.75) is 13.0 Å². The largest absolute Gasteiger partial charge is 0.378 e. The average molecular weight is 304 g/mol. The van der Waals surface area contributed by atoms with Crippen LogP contribution in [0.25, 0.3) is 5.69 Å². The first-order valence-corrected chi connectivity index (χ1v) is 7.57. The van der Waals surface area contributed by atoms with E-state index in [4.69, 9.17) is 11.6 Å². The van der Waals surface area contributed by atoms with Gasteiger partial charge in [0.05, 0.1) is 10.7 Å². The van der Waals surface area contributed by atoms with Crippen molar-refractivity contribution >= 4 is 28.6 Å². The van der Waals surface area contributed by atoms with Crippen LogP contribution < -0.4 is 5.32 Å². The first kappa shape index (κ1) is 13.2. The maximum absolute atomic E-state index is 5.98. The molecule has 0 amide bonds. The van der Waals surface area contributed by atoms with Crippen LogP contribution in [0.15, 0.2) is 54.4 Å². The Bertz CT molecular complexity index is 691. The Labute approximate surface area is 126 Å². The Morgan fingerprint density at radius 1 is 1.35 bits per heavy atom. The number of thiophene rings is 1. The van der Waals surface area contributed by atoms with Gasteiger partial charge in [0.2, 0.25) is 0 Å². The zero-order valence-corrected chi connectivity index (χ0v) is 12.5. The van der Waals surface area contributed by atoms with Crippen LogP contribution >= 0.6 is 22.9 Å². The molecule has 3 aromatic rings. The number of hydrogen-bond donors (Lipinski definition) is 1. The second kappa shape index (κ2) is 5.69. The fourth-order valence-electron chi connectivity index (χ4n) is 2.05. The summed E-state index contributed by atoms with van der Waals surface area (Å²) in [4.78, 5) is 4.07. The molecular formula is C15H14ClN3S. The summed E-state index contributed by atoms with van der Waals surface area (Å²) in [5, 5.41) is 5.57. The van der Waals surface area contributed by atoms with E-state index in [2.05, 4.69) is 40.8 Å². The Morgan fingerprint density at radius 2 is 2.25 bits per heavy atom. The SMILES string of the molecule is CC(Nc1cccc(-n2ccnc2)c1)c1csc(Cl)c1. The molecular weight excluding hydrogens is 290 g/mol. The molecule has 0 fully saturated rings. The molecule has 0 radical (unpaired) electrons. The van der Waals surface area contributed by atoms with Crippen molar-refractivity contribution in [3.63, 3.8) is 0 Å². The van der Waals surface area contributed by atoms with Gasteiger partial charge in [0.15, 0.2) is 0 Å². The van der Waals surface area contributed by atoms with Crippen LogP contribution in [0, 0.1) is 0 Å². The fourth-order valence-corrected chi connectivity index (χ4v) is 3.04. The van der Waals surface area contributed by atoms with Gasteiger partial charge in [-0.2, -0.15) is 0 Å². The van der Waals surface area contributed by atoms with E-state index in [1.807, 2.05) is 22.9 Å². The molecule has 102 valence electrons. The van der Waals surface area contributed by atoms with E-state index in [1.165, 1.54) is 5.56 Å². The van der Waals surface area contributed by atoms with E-state index in [0.717, 1.165) is 15.7 Å². The monoisotopic (exact) mass is 303 g/mol. The zero-order chi connectivity index (χ0) is 13.9. The molecule has 3 rings (SSSR count). The van der Waals surface area contributed by atoms with E-state index >= 15 is 0 Å². The number of aromatic nitrogens is 2. The van der Waals surface area contributed by atoms with Gasteiger partial charge in [0.1, 0.15) is 0 Å². The lowest BCUT2D eigenvalue weighted by atomic mass is 10.1. The Hall–Kier alpha value is -1.78. The summed E-state index contributed by atoms with van der Waals surface area (Å²) in [5.41, 5.74) is 3.36. The summed E-state index contributed by atoms with van der Waals surface area (Å²) >= 11 is 7.54. The highest BCUT2D eigenvalue weighted by Gasteiger charge is 2.08. The van der Waals surface area contributed by atoms with Crippen molar-refractivity contribution in [3.8, 4) is 5.69 Å². The normalized spacial score (nSPS) is 12.3. The lowest BCUT2D eigenvalue weighted by Crippen LogP contribution is -2.05. The molecule has 0 aliphatic heterocycles. The van der Waals surface area contributed by atoms with E-state index in [1.54, 1.807) is 23.9 Å². The molecule has 0 aliphatic rings. The van der Waals surface area contributed by atoms with Crippen LogP contribution in [-0.4, -0.2) is 9.55 Å². The van der Waals surface area contributed by atoms with E-state index < -0.39 is 0 Å². The van der Waals surface area contributed by atoms with E-state index in [-0.39, 0.29) is 6.04 Å². The van der Waals surface area contributed by atoms with Gasteiger partial charge >= 0.3 is 0 Å². The first-order chi connectivity index (χ1) is 9.72. The molecule has 1 aromatic carbocycles. The number of benzene rings is 1. The molecule has 0 spiro atoms. The predicted octanol–water partition coefficient (Wildman–Crippen LogP) is 4.76. The second-order valence-electron chi connectivity index (χ2n) is 4.57. The van der Waals surface area contributed by atoms with Gasteiger partial charge in [-0.1, -0.05) is 17.7 Å². The molecule has 0 saturated carbocycles. The Morgan fingerprint density at radius 3 is 2.95 bits per heavy atom. The standard InChI is InChI=1S/C15H14ClN3S/c1-11(12-7-15(16)20-9-12)18-13-3-2-4-14(8-13)19-6-5-17-10-19/h2-11,18H,1H3. The van der Waals surface area contributed by atoms with Gasteiger partial charge in [0, 0.05) is 29.8 Å². The van der Waals surface area contributed by atoms with Crippen LogP contribution in [0.2, 0.25) is 4.34 Å². The summed E-state index contributed by atoms with van der Waals surface area (Å²) < 4.78 is 2.80. The highest BCUT2D eigenvalue weighted by molar-refractivity contribution is 7.14. The molecule has 0 aliphatic carbocycles. The van der Waals surface area contributed by atoms with Gasteiger partial charge in [-0.3, -0.25) is 0 Å². The summed E-state index contributed by atoms with van der Waals surface area (Å²) in [6.45, 7) is 2.13. The van der Waals surface area contributed by atoms with Crippen molar-refractivity contribution in [3.05, 3.63) is 64.3 Å². The molecule has 1 atom stereocenters. The quantitative estimate of drug-likeness (QED) is 0.753. The molecule has 20 heavy (non-hydrogen) atoms. The van der Waals surface area contributed by atoms with Crippen LogP contribution in [0.3, 0.4) is 0 Å². The maximum Gasteiger partial charge on any atom is 0.0991 e. The van der Waals surface area contributed by atoms with Crippen LogP contribution in [0.1, 0.15) is 18.5 Å². The minimum atomic E-state index is 0.219. The number of hydrogen-bond acceptors (Lipinski definition) is 3. The maximum atomic E-state index is 5.98. The minimum Gasteiger partial charge on any atom is -0.378 e. The van der Waals surface area contributed by atoms with Crippen molar-refractivity contribution < 1.29 is 0 Å². The van der Waals surface area contributed by atoms with E-state index in [0.29, 0.717) is 0 Å². The van der Waals surface area contributed by atoms with Gasteiger partial charge in [-0.05, 0) is 42.1 Å². The third-order valence-corrected chi connectivity index (χ3v) is 4.23. The predicted molar refractivity (Wildman–Crippen MR) is 84.9 cm³/mol. The molecule has 0 bridgehead atoms. The van der Waals surface area contributed by atoms with Gasteiger partial charge in [-0.25, -0.2) is 4.98 Å². The van der Waals surface area contributed by atoms with Crippen LogP contribution in [-0.2, 0) is 0 Å². The topological polar surface area (TPSA) is 29.9 Å². The Kier molecular flexibility index (Phi) is 3.76. The van der Waals surface area contributed by atoms with Crippen LogP contribution in [0.5, 0.6) is 0 Å². The number of nitrogens with one attached hydrogen (secondary N) is 1. The summed E-state index contributed by atoms with van der Waals surface area (Å²) in [6, 6.07) is 10.5. The summed E-state index contributed by atoms with van der Waals surface area (Å²) in [6.07, 6.45) is 5.50. The molecule has 2 aromatic heterocycles. The van der Waals surface area contributed by atoms with Gasteiger partial charge in [0.25, 0.3) is 0 Å². The fraction of sp³-hybridized carbons (Fsp3) is 0.133. The summed E-state index contributed by atoms with van der Waals surface area (Å²) in [5.74, 6) is 0. The number of anilines is 1. The molecule has 0 saturated heterocycles. The number of rotatable bonds is 4. The second-order valence-corrected chi connectivity index (χ2v) is 6.11. The molecule has 5 heteroatoms. The lowest BCUT2D eigenvalue weighted by molar-refractivity contribution is 0.889. The lowest BCUT2D eigenvalue weighted by Gasteiger charge is -2.15. The third-order valence-electron chi connectivity index (χ3n) is 3.12. The van der Waals surface area contributed by atoms with Crippen molar-refractivity contribution in [1.29, 1.82) is 0 Å².